The molecule has 0 rings (SSSR count). The zero-order valence-corrected chi connectivity index (χ0v) is 13.1. The van der Waals surface area contributed by atoms with Crippen molar-refractivity contribution in [3.8, 4) is 23.7 Å². The van der Waals surface area contributed by atoms with Crippen LogP contribution in [0, 0.1) is 23.7 Å². The summed E-state index contributed by atoms with van der Waals surface area (Å²) in [6.45, 7) is 12.9. The van der Waals surface area contributed by atoms with Crippen molar-refractivity contribution in [1.82, 2.24) is 0 Å². The van der Waals surface area contributed by atoms with Crippen LogP contribution in [0.4, 0.5) is 0 Å². The van der Waals surface area contributed by atoms with Crippen molar-refractivity contribution in [2.75, 3.05) is 13.2 Å². The maximum Gasteiger partial charge on any atom is 0.385 e. The minimum atomic E-state index is -1.73. The Bertz CT molecular complexity index is 397. The van der Waals surface area contributed by atoms with Crippen molar-refractivity contribution in [2.24, 2.45) is 0 Å². The molecule has 0 aromatic rings. The third-order valence-corrected chi connectivity index (χ3v) is 7.42. The Morgan fingerprint density at radius 1 is 1.17 bits per heavy atom. The maximum absolute atomic E-state index is 10.9. The second kappa shape index (κ2) is 7.26. The van der Waals surface area contributed by atoms with E-state index in [-0.39, 0.29) is 11.6 Å². The summed E-state index contributed by atoms with van der Waals surface area (Å²) in [6.07, 6.45) is 0. The van der Waals surface area contributed by atoms with Crippen LogP contribution in [0.5, 0.6) is 0 Å². The van der Waals surface area contributed by atoms with Gasteiger partial charge in [0.25, 0.3) is 0 Å². The van der Waals surface area contributed by atoms with Gasteiger partial charge in [0, 0.05) is 5.92 Å². The zero-order chi connectivity index (χ0) is 14.2. The van der Waals surface area contributed by atoms with E-state index in [2.05, 4.69) is 57.5 Å². The van der Waals surface area contributed by atoms with E-state index >= 15 is 0 Å². The molecule has 0 saturated heterocycles. The van der Waals surface area contributed by atoms with E-state index < -0.39 is 14.3 Å². The van der Waals surface area contributed by atoms with Gasteiger partial charge in [-0.2, -0.15) is 0 Å². The van der Waals surface area contributed by atoms with Crippen molar-refractivity contribution in [3.63, 3.8) is 0 Å². The first-order valence-electron chi connectivity index (χ1n) is 5.90. The number of carbonyl (C=O) groups is 1. The standard InChI is InChI=1S/C14H22O3Si/c1-7-10-13(15)16-11-8-9-12-17-18(5,6)14(2,3)4/h11-12H2,1-6H3. The molecule has 18 heavy (non-hydrogen) atoms. The SMILES string of the molecule is CC#CC(=O)OCC#CCO[Si](C)(C)C(C)(C)C. The number of hydrogen-bond donors (Lipinski definition) is 0. The first kappa shape index (κ1) is 16.8. The fourth-order valence-corrected chi connectivity index (χ4v) is 1.64. The van der Waals surface area contributed by atoms with E-state index in [1.807, 2.05) is 0 Å². The molecule has 0 saturated carbocycles. The molecule has 4 heteroatoms. The Balaban J connectivity index is 3.99. The van der Waals surface area contributed by atoms with Gasteiger partial charge in [-0.15, -0.1) is 0 Å². The molecular formula is C14H22O3Si. The first-order chi connectivity index (χ1) is 8.20. The van der Waals surface area contributed by atoms with Crippen molar-refractivity contribution in [2.45, 2.75) is 45.8 Å². The fraction of sp³-hybridized carbons (Fsp3) is 0.643. The van der Waals surface area contributed by atoms with Gasteiger partial charge in [0.2, 0.25) is 0 Å². The van der Waals surface area contributed by atoms with Crippen LogP contribution in [0.15, 0.2) is 0 Å². The summed E-state index contributed by atoms with van der Waals surface area (Å²) >= 11 is 0. The molecule has 0 unspecified atom stereocenters. The Labute approximate surface area is 111 Å². The lowest BCUT2D eigenvalue weighted by Crippen LogP contribution is -2.40. The summed E-state index contributed by atoms with van der Waals surface area (Å²) < 4.78 is 10.6. The number of carbonyl (C=O) groups excluding carboxylic acids is 1. The number of ether oxygens (including phenoxy) is 1. The van der Waals surface area contributed by atoms with E-state index in [1.165, 1.54) is 0 Å². The molecule has 0 aliphatic heterocycles. The highest BCUT2D eigenvalue weighted by molar-refractivity contribution is 6.74. The van der Waals surface area contributed by atoms with Gasteiger partial charge in [-0.1, -0.05) is 38.5 Å². The van der Waals surface area contributed by atoms with Gasteiger partial charge in [-0.25, -0.2) is 4.79 Å². The molecular weight excluding hydrogens is 244 g/mol. The largest absolute Gasteiger partial charge is 0.443 e. The lowest BCUT2D eigenvalue weighted by molar-refractivity contribution is -0.135. The summed E-state index contributed by atoms with van der Waals surface area (Å²) in [6, 6.07) is 0. The predicted molar refractivity (Wildman–Crippen MR) is 75.3 cm³/mol. The summed E-state index contributed by atoms with van der Waals surface area (Å²) in [7, 11) is -1.73. The monoisotopic (exact) mass is 266 g/mol. The second-order valence-electron chi connectivity index (χ2n) is 5.35. The Hall–Kier alpha value is -1.23. The number of rotatable bonds is 3. The van der Waals surface area contributed by atoms with E-state index in [1.54, 1.807) is 6.92 Å². The lowest BCUT2D eigenvalue weighted by atomic mass is 10.2. The highest BCUT2D eigenvalue weighted by Gasteiger charge is 2.36. The van der Waals surface area contributed by atoms with Crippen LogP contribution in [-0.4, -0.2) is 27.5 Å². The molecule has 0 aromatic heterocycles. The fourth-order valence-electron chi connectivity index (χ4n) is 0.775. The molecule has 0 aliphatic rings. The number of esters is 1. The van der Waals surface area contributed by atoms with Crippen LogP contribution in [0.25, 0.3) is 0 Å². The highest BCUT2D eigenvalue weighted by Crippen LogP contribution is 2.36. The molecule has 0 bridgehead atoms. The van der Waals surface area contributed by atoms with Crippen molar-refractivity contribution < 1.29 is 14.0 Å². The van der Waals surface area contributed by atoms with Crippen LogP contribution < -0.4 is 0 Å². The minimum Gasteiger partial charge on any atom is -0.443 e. The third-order valence-electron chi connectivity index (χ3n) is 2.94. The summed E-state index contributed by atoms with van der Waals surface area (Å²) in [5.41, 5.74) is 0. The van der Waals surface area contributed by atoms with Crippen LogP contribution in [-0.2, 0) is 14.0 Å². The molecule has 0 fully saturated rings. The lowest BCUT2D eigenvalue weighted by Gasteiger charge is -2.35. The van der Waals surface area contributed by atoms with Crippen molar-refractivity contribution >= 4 is 14.3 Å². The molecule has 0 atom stereocenters. The van der Waals surface area contributed by atoms with Gasteiger partial charge in [0.15, 0.2) is 14.9 Å². The van der Waals surface area contributed by atoms with Gasteiger partial charge in [-0.3, -0.25) is 0 Å². The smallest absolute Gasteiger partial charge is 0.385 e. The molecule has 0 aliphatic carbocycles. The Morgan fingerprint density at radius 3 is 2.22 bits per heavy atom. The van der Waals surface area contributed by atoms with Gasteiger partial charge < -0.3 is 9.16 Å². The van der Waals surface area contributed by atoms with Crippen molar-refractivity contribution in [3.05, 3.63) is 0 Å². The molecule has 0 spiro atoms. The van der Waals surface area contributed by atoms with Crippen LogP contribution in [0.3, 0.4) is 0 Å². The molecule has 100 valence electrons. The molecule has 0 radical (unpaired) electrons. The van der Waals surface area contributed by atoms with Crippen molar-refractivity contribution in [1.29, 1.82) is 0 Å². The van der Waals surface area contributed by atoms with Gasteiger partial charge in [0.05, 0.1) is 6.61 Å². The Morgan fingerprint density at radius 2 is 1.72 bits per heavy atom. The van der Waals surface area contributed by atoms with Crippen LogP contribution in [0.2, 0.25) is 18.1 Å². The van der Waals surface area contributed by atoms with Gasteiger partial charge in [0.1, 0.15) is 0 Å². The van der Waals surface area contributed by atoms with Crippen LogP contribution in [0.1, 0.15) is 27.7 Å². The zero-order valence-electron chi connectivity index (χ0n) is 12.1. The summed E-state index contributed by atoms with van der Waals surface area (Å²) in [4.78, 5) is 10.9. The van der Waals surface area contributed by atoms with E-state index in [9.17, 15) is 4.79 Å². The maximum atomic E-state index is 10.9. The molecule has 0 amide bonds. The van der Waals surface area contributed by atoms with Gasteiger partial charge in [-0.05, 0) is 25.1 Å². The average Bonchev–Trinajstić information content (AvgIpc) is 2.21. The topological polar surface area (TPSA) is 35.5 Å². The summed E-state index contributed by atoms with van der Waals surface area (Å²) in [5, 5.41) is 0.178. The summed E-state index contributed by atoms with van der Waals surface area (Å²) in [5.74, 6) is 9.78. The minimum absolute atomic E-state index is 0.0639. The molecule has 0 N–H and O–H groups in total. The van der Waals surface area contributed by atoms with E-state index in [4.69, 9.17) is 9.16 Å². The molecule has 0 aromatic carbocycles. The Kier molecular flexibility index (Phi) is 6.76. The van der Waals surface area contributed by atoms with E-state index in [0.29, 0.717) is 6.61 Å². The normalized spacial score (nSPS) is 10.8. The quantitative estimate of drug-likeness (QED) is 0.341. The second-order valence-corrected chi connectivity index (χ2v) is 10.2. The van der Waals surface area contributed by atoms with Crippen LogP contribution >= 0.6 is 0 Å². The van der Waals surface area contributed by atoms with Gasteiger partial charge >= 0.3 is 5.97 Å². The molecule has 3 nitrogen and oxygen atoms in total. The highest BCUT2D eigenvalue weighted by atomic mass is 28.4. The third kappa shape index (κ3) is 6.49. The molecule has 0 heterocycles. The first-order valence-corrected chi connectivity index (χ1v) is 8.81. The average molecular weight is 266 g/mol. The van der Waals surface area contributed by atoms with E-state index in [0.717, 1.165) is 0 Å². The number of hydrogen-bond acceptors (Lipinski definition) is 3. The predicted octanol–water partition coefficient (Wildman–Crippen LogP) is 2.58.